The molecule has 0 radical (unpaired) electrons. The van der Waals surface area contributed by atoms with Gasteiger partial charge in [0.05, 0.1) is 5.56 Å². The minimum Gasteiger partial charge on any atom is -0.339 e. The summed E-state index contributed by atoms with van der Waals surface area (Å²) in [5.41, 5.74) is 0.604. The molecule has 28 heavy (non-hydrogen) atoms. The third-order valence-corrected chi connectivity index (χ3v) is 5.08. The first-order valence-corrected chi connectivity index (χ1v) is 9.33. The van der Waals surface area contributed by atoms with E-state index in [0.717, 1.165) is 36.7 Å². The SMILES string of the molecule is Cn1cc(C(=O)N2CCCC2)cc(NC(=O)c2ccc3ccccc3c2)c1=O. The topological polar surface area (TPSA) is 71.4 Å². The zero-order valence-corrected chi connectivity index (χ0v) is 15.6. The van der Waals surface area contributed by atoms with Gasteiger partial charge in [0, 0.05) is 31.9 Å². The molecule has 1 aliphatic rings. The molecule has 0 aliphatic carbocycles. The minimum absolute atomic E-state index is 0.103. The molecule has 142 valence electrons. The molecule has 0 saturated carbocycles. The van der Waals surface area contributed by atoms with Crippen molar-refractivity contribution >= 4 is 28.3 Å². The molecule has 4 rings (SSSR count). The molecule has 1 saturated heterocycles. The molecule has 3 aromatic rings. The van der Waals surface area contributed by atoms with E-state index < -0.39 is 0 Å². The number of fused-ring (bicyclic) bond motifs is 1. The average molecular weight is 375 g/mol. The standard InChI is InChI=1S/C22H21N3O3/c1-24-14-18(21(27)25-10-4-5-11-25)13-19(22(24)28)23-20(26)17-9-8-15-6-2-3-7-16(15)12-17/h2-3,6-9,12-14H,4-5,10-11H2,1H3,(H,23,26). The Hall–Kier alpha value is -3.41. The number of hydrogen-bond donors (Lipinski definition) is 1. The minimum atomic E-state index is -0.381. The number of anilines is 1. The van der Waals surface area contributed by atoms with Crippen LogP contribution in [0.5, 0.6) is 0 Å². The van der Waals surface area contributed by atoms with Gasteiger partial charge in [-0.1, -0.05) is 30.3 Å². The largest absolute Gasteiger partial charge is 0.339 e. The smallest absolute Gasteiger partial charge is 0.274 e. The third-order valence-electron chi connectivity index (χ3n) is 5.08. The van der Waals surface area contributed by atoms with Crippen molar-refractivity contribution in [3.63, 3.8) is 0 Å². The maximum absolute atomic E-state index is 12.7. The van der Waals surface area contributed by atoms with Crippen LogP contribution in [-0.2, 0) is 7.05 Å². The van der Waals surface area contributed by atoms with Gasteiger partial charge in [-0.05, 0) is 41.8 Å². The summed E-state index contributed by atoms with van der Waals surface area (Å²) in [6, 6.07) is 14.6. The summed E-state index contributed by atoms with van der Waals surface area (Å²) in [5, 5.41) is 4.66. The average Bonchev–Trinajstić information content (AvgIpc) is 3.25. The van der Waals surface area contributed by atoms with Crippen LogP contribution in [0, 0.1) is 0 Å². The quantitative estimate of drug-likeness (QED) is 0.765. The number of hydrogen-bond acceptors (Lipinski definition) is 3. The number of likely N-dealkylation sites (tertiary alicyclic amines) is 1. The van der Waals surface area contributed by atoms with Gasteiger partial charge in [0.2, 0.25) is 0 Å². The number of amides is 2. The first kappa shape index (κ1) is 18.0. The van der Waals surface area contributed by atoms with E-state index in [1.54, 1.807) is 24.1 Å². The highest BCUT2D eigenvalue weighted by Crippen LogP contribution is 2.18. The number of nitrogens with one attached hydrogen (secondary N) is 1. The highest BCUT2D eigenvalue weighted by molar-refractivity contribution is 6.07. The summed E-state index contributed by atoms with van der Waals surface area (Å²) in [5.74, 6) is -0.497. The van der Waals surface area contributed by atoms with Crippen LogP contribution in [-0.4, -0.2) is 34.4 Å². The predicted octanol–water partition coefficient (Wildman–Crippen LogP) is 3.03. The van der Waals surface area contributed by atoms with Crippen LogP contribution in [0.2, 0.25) is 0 Å². The highest BCUT2D eigenvalue weighted by atomic mass is 16.2. The summed E-state index contributed by atoms with van der Waals surface area (Å²) in [7, 11) is 1.58. The molecule has 0 atom stereocenters. The van der Waals surface area contributed by atoms with Crippen molar-refractivity contribution in [2.24, 2.45) is 7.05 Å². The van der Waals surface area contributed by atoms with E-state index in [1.165, 1.54) is 16.8 Å². The lowest BCUT2D eigenvalue weighted by Crippen LogP contribution is -2.30. The second kappa shape index (κ2) is 7.31. The first-order chi connectivity index (χ1) is 13.5. The zero-order valence-electron chi connectivity index (χ0n) is 15.6. The van der Waals surface area contributed by atoms with E-state index in [0.29, 0.717) is 11.1 Å². The van der Waals surface area contributed by atoms with Crippen LogP contribution in [0.1, 0.15) is 33.6 Å². The van der Waals surface area contributed by atoms with E-state index in [4.69, 9.17) is 0 Å². The van der Waals surface area contributed by atoms with E-state index in [9.17, 15) is 14.4 Å². The molecule has 1 N–H and O–H groups in total. The van der Waals surface area contributed by atoms with Crippen molar-refractivity contribution in [1.82, 2.24) is 9.47 Å². The molecule has 6 heteroatoms. The molecule has 1 aromatic heterocycles. The summed E-state index contributed by atoms with van der Waals surface area (Å²) in [6.07, 6.45) is 3.50. The summed E-state index contributed by atoms with van der Waals surface area (Å²) in [4.78, 5) is 39.6. The van der Waals surface area contributed by atoms with Crippen molar-refractivity contribution in [2.45, 2.75) is 12.8 Å². The van der Waals surface area contributed by atoms with E-state index in [-0.39, 0.29) is 23.1 Å². The van der Waals surface area contributed by atoms with Gasteiger partial charge in [-0.15, -0.1) is 0 Å². The van der Waals surface area contributed by atoms with Gasteiger partial charge in [0.1, 0.15) is 5.69 Å². The van der Waals surface area contributed by atoms with Crippen molar-refractivity contribution in [1.29, 1.82) is 0 Å². The molecule has 1 aliphatic heterocycles. The number of carbonyl (C=O) groups excluding carboxylic acids is 2. The Morgan fingerprint density at radius 1 is 0.929 bits per heavy atom. The predicted molar refractivity (Wildman–Crippen MR) is 109 cm³/mol. The van der Waals surface area contributed by atoms with Gasteiger partial charge in [-0.3, -0.25) is 14.4 Å². The van der Waals surface area contributed by atoms with Crippen LogP contribution in [0.3, 0.4) is 0 Å². The van der Waals surface area contributed by atoms with Crippen LogP contribution in [0.4, 0.5) is 5.69 Å². The maximum atomic E-state index is 12.7. The molecule has 0 bridgehead atoms. The Balaban J connectivity index is 1.63. The molecule has 2 aromatic carbocycles. The monoisotopic (exact) mass is 375 g/mol. The lowest BCUT2D eigenvalue weighted by atomic mass is 10.1. The fourth-order valence-electron chi connectivity index (χ4n) is 3.55. The van der Waals surface area contributed by atoms with Gasteiger partial charge in [-0.2, -0.15) is 0 Å². The second-order valence-electron chi connectivity index (χ2n) is 7.07. The number of pyridine rings is 1. The summed E-state index contributed by atoms with van der Waals surface area (Å²) in [6.45, 7) is 1.45. The van der Waals surface area contributed by atoms with Crippen molar-refractivity contribution in [3.8, 4) is 0 Å². The number of aryl methyl sites for hydroxylation is 1. The van der Waals surface area contributed by atoms with Gasteiger partial charge >= 0.3 is 0 Å². The third kappa shape index (κ3) is 3.41. The number of aromatic nitrogens is 1. The maximum Gasteiger partial charge on any atom is 0.274 e. The Labute approximate surface area is 162 Å². The lowest BCUT2D eigenvalue weighted by molar-refractivity contribution is 0.0791. The second-order valence-corrected chi connectivity index (χ2v) is 7.07. The van der Waals surface area contributed by atoms with Crippen LogP contribution < -0.4 is 10.9 Å². The van der Waals surface area contributed by atoms with Gasteiger partial charge < -0.3 is 14.8 Å². The molecule has 1 fully saturated rings. The zero-order chi connectivity index (χ0) is 19.7. The number of rotatable bonds is 3. The van der Waals surface area contributed by atoms with E-state index in [1.807, 2.05) is 30.3 Å². The van der Waals surface area contributed by atoms with E-state index >= 15 is 0 Å². The summed E-state index contributed by atoms with van der Waals surface area (Å²) >= 11 is 0. The Morgan fingerprint density at radius 3 is 2.39 bits per heavy atom. The molecular formula is C22H21N3O3. The Morgan fingerprint density at radius 2 is 1.64 bits per heavy atom. The lowest BCUT2D eigenvalue weighted by Gasteiger charge is -2.16. The fraction of sp³-hybridized carbons (Fsp3) is 0.227. The normalized spacial score (nSPS) is 13.7. The molecular weight excluding hydrogens is 354 g/mol. The van der Waals surface area contributed by atoms with Crippen molar-refractivity contribution < 1.29 is 9.59 Å². The van der Waals surface area contributed by atoms with Crippen LogP contribution >= 0.6 is 0 Å². The van der Waals surface area contributed by atoms with Crippen LogP contribution in [0.25, 0.3) is 10.8 Å². The highest BCUT2D eigenvalue weighted by Gasteiger charge is 2.21. The number of nitrogens with zero attached hydrogens (tertiary/aromatic N) is 2. The molecule has 2 heterocycles. The fourth-order valence-corrected chi connectivity index (χ4v) is 3.55. The number of carbonyl (C=O) groups is 2. The van der Waals surface area contributed by atoms with Gasteiger partial charge in [0.25, 0.3) is 17.4 Å². The molecule has 0 spiro atoms. The van der Waals surface area contributed by atoms with Crippen molar-refractivity contribution in [3.05, 3.63) is 76.2 Å². The molecule has 0 unspecified atom stereocenters. The number of benzene rings is 2. The first-order valence-electron chi connectivity index (χ1n) is 9.33. The van der Waals surface area contributed by atoms with Crippen LogP contribution in [0.15, 0.2) is 59.5 Å². The van der Waals surface area contributed by atoms with Gasteiger partial charge in [-0.25, -0.2) is 0 Å². The summed E-state index contributed by atoms with van der Waals surface area (Å²) < 4.78 is 1.33. The molecule has 6 nitrogen and oxygen atoms in total. The van der Waals surface area contributed by atoms with Gasteiger partial charge in [0.15, 0.2) is 0 Å². The Kier molecular flexibility index (Phi) is 4.69. The molecule has 2 amide bonds. The van der Waals surface area contributed by atoms with E-state index in [2.05, 4.69) is 5.32 Å². The Bertz CT molecular complexity index is 1130. The van der Waals surface area contributed by atoms with Crippen molar-refractivity contribution in [2.75, 3.05) is 18.4 Å².